The summed E-state index contributed by atoms with van der Waals surface area (Å²) < 4.78 is 5.46. The second-order valence-electron chi connectivity index (χ2n) is 7.62. The van der Waals surface area contributed by atoms with Gasteiger partial charge >= 0.3 is 0 Å². The molecule has 0 bridgehead atoms. The predicted octanol–water partition coefficient (Wildman–Crippen LogP) is 3.98. The molecule has 7 heteroatoms. The molecular formula is C26H31N5O2. The average Bonchev–Trinajstić information content (AvgIpc) is 2.85. The monoisotopic (exact) mass is 445 g/mol. The molecule has 3 rings (SSSR count). The summed E-state index contributed by atoms with van der Waals surface area (Å²) >= 11 is 0. The molecule has 0 atom stereocenters. The third-order valence-electron chi connectivity index (χ3n) is 4.84. The molecule has 0 fully saturated rings. The van der Waals surface area contributed by atoms with Crippen molar-refractivity contribution in [2.24, 2.45) is 0 Å². The van der Waals surface area contributed by atoms with Gasteiger partial charge in [0.25, 0.3) is 0 Å². The molecule has 0 aliphatic heterocycles. The zero-order valence-corrected chi connectivity index (χ0v) is 19.7. The highest BCUT2D eigenvalue weighted by atomic mass is 16.5. The number of methoxy groups -OCH3 is 1. The minimum atomic E-state index is 0.328. The Balaban J connectivity index is 0.000000479. The fourth-order valence-electron chi connectivity index (χ4n) is 3.06. The molecule has 2 aromatic carbocycles. The topological polar surface area (TPSA) is 90.3 Å². The third-order valence-corrected chi connectivity index (χ3v) is 4.84. The molecule has 0 saturated carbocycles. The molecular weight excluding hydrogens is 414 g/mol. The van der Waals surface area contributed by atoms with Gasteiger partial charge in [-0.1, -0.05) is 30.8 Å². The van der Waals surface area contributed by atoms with Crippen LogP contribution in [0.1, 0.15) is 10.5 Å². The van der Waals surface area contributed by atoms with E-state index in [1.807, 2.05) is 49.5 Å². The fraction of sp³-hybridized carbons (Fsp3) is 0.269. The van der Waals surface area contributed by atoms with E-state index < -0.39 is 0 Å². The van der Waals surface area contributed by atoms with Crippen LogP contribution in [0.3, 0.4) is 0 Å². The number of benzene rings is 2. The van der Waals surface area contributed by atoms with E-state index in [0.29, 0.717) is 29.3 Å². The quantitative estimate of drug-likeness (QED) is 0.380. The summed E-state index contributed by atoms with van der Waals surface area (Å²) in [6, 6.07) is 17.2. The van der Waals surface area contributed by atoms with Gasteiger partial charge < -0.3 is 20.3 Å². The summed E-state index contributed by atoms with van der Waals surface area (Å²) in [7, 11) is 7.70. The van der Waals surface area contributed by atoms with E-state index in [9.17, 15) is 4.79 Å². The Hall–Kier alpha value is -3.73. The van der Waals surface area contributed by atoms with Crippen LogP contribution in [0.15, 0.2) is 60.7 Å². The average molecular weight is 446 g/mol. The predicted molar refractivity (Wildman–Crippen MR) is 135 cm³/mol. The Labute approximate surface area is 195 Å². The smallest absolute Gasteiger partial charge is 0.168 e. The first-order valence-corrected chi connectivity index (χ1v) is 10.6. The van der Waals surface area contributed by atoms with Crippen LogP contribution in [-0.2, 0) is 0 Å². The van der Waals surface area contributed by atoms with Crippen LogP contribution in [0.25, 0.3) is 22.0 Å². The van der Waals surface area contributed by atoms with E-state index in [1.54, 1.807) is 19.2 Å². The number of nitrogens with one attached hydrogen (secondary N) is 2. The summed E-state index contributed by atoms with van der Waals surface area (Å²) in [5.74, 6) is 0.676. The first-order chi connectivity index (χ1) is 15.9. The maximum atomic E-state index is 11.0. The molecule has 7 nitrogen and oxygen atoms in total. The van der Waals surface area contributed by atoms with Crippen LogP contribution in [0.4, 0.5) is 5.69 Å². The van der Waals surface area contributed by atoms with Crippen molar-refractivity contribution in [1.29, 1.82) is 5.26 Å². The van der Waals surface area contributed by atoms with Crippen molar-refractivity contribution in [3.05, 3.63) is 66.4 Å². The first kappa shape index (κ1) is 25.5. The SMILES string of the molecule is C=C(C#N)CNc1c(OC)ccc2ccc(-c3cccc(C=O)n3)cc12.CNCCN(C)C. The summed E-state index contributed by atoms with van der Waals surface area (Å²) in [5.41, 5.74) is 3.20. The van der Waals surface area contributed by atoms with Crippen molar-refractivity contribution >= 4 is 22.7 Å². The van der Waals surface area contributed by atoms with Crippen molar-refractivity contribution in [2.45, 2.75) is 0 Å². The molecule has 3 aromatic rings. The lowest BCUT2D eigenvalue weighted by atomic mass is 10.0. The highest BCUT2D eigenvalue weighted by Crippen LogP contribution is 2.35. The maximum absolute atomic E-state index is 11.0. The Morgan fingerprint density at radius 1 is 1.24 bits per heavy atom. The number of aromatic nitrogens is 1. The summed E-state index contributed by atoms with van der Waals surface area (Å²) in [6.45, 7) is 6.23. The number of carbonyl (C=O) groups excluding carboxylic acids is 1. The number of fused-ring (bicyclic) bond motifs is 1. The molecule has 0 aliphatic rings. The number of ether oxygens (including phenoxy) is 1. The maximum Gasteiger partial charge on any atom is 0.168 e. The Morgan fingerprint density at radius 2 is 2.00 bits per heavy atom. The van der Waals surface area contributed by atoms with Gasteiger partial charge in [-0.15, -0.1) is 0 Å². The molecule has 33 heavy (non-hydrogen) atoms. The number of nitrogens with zero attached hydrogens (tertiary/aromatic N) is 3. The van der Waals surface area contributed by atoms with Crippen LogP contribution in [0.5, 0.6) is 5.75 Å². The van der Waals surface area contributed by atoms with Crippen LogP contribution in [0.2, 0.25) is 0 Å². The molecule has 0 aliphatic carbocycles. The molecule has 0 unspecified atom stereocenters. The van der Waals surface area contributed by atoms with E-state index >= 15 is 0 Å². The summed E-state index contributed by atoms with van der Waals surface area (Å²) in [6.07, 6.45) is 0.730. The molecule has 1 aromatic heterocycles. The van der Waals surface area contributed by atoms with Gasteiger partial charge in [0, 0.05) is 36.2 Å². The van der Waals surface area contributed by atoms with Gasteiger partial charge in [-0.05, 0) is 50.8 Å². The minimum Gasteiger partial charge on any atom is -0.495 e. The molecule has 0 spiro atoms. The molecule has 1 heterocycles. The summed E-state index contributed by atoms with van der Waals surface area (Å²) in [4.78, 5) is 17.5. The van der Waals surface area contributed by atoms with Crippen molar-refractivity contribution in [3.8, 4) is 23.1 Å². The number of likely N-dealkylation sites (N-methyl/N-ethyl adjacent to an activating group) is 2. The number of rotatable bonds is 9. The van der Waals surface area contributed by atoms with E-state index in [2.05, 4.69) is 41.2 Å². The number of hydrogen-bond donors (Lipinski definition) is 2. The van der Waals surface area contributed by atoms with Crippen molar-refractivity contribution < 1.29 is 9.53 Å². The van der Waals surface area contributed by atoms with E-state index in [4.69, 9.17) is 10.00 Å². The number of anilines is 1. The molecule has 172 valence electrons. The Bertz CT molecular complexity index is 1140. The van der Waals surface area contributed by atoms with Crippen molar-refractivity contribution in [2.75, 3.05) is 53.2 Å². The van der Waals surface area contributed by atoms with Crippen LogP contribution in [-0.4, -0.2) is 64.1 Å². The Morgan fingerprint density at radius 3 is 2.61 bits per heavy atom. The van der Waals surface area contributed by atoms with Crippen LogP contribution < -0.4 is 15.4 Å². The largest absolute Gasteiger partial charge is 0.495 e. The van der Waals surface area contributed by atoms with E-state index in [1.165, 1.54) is 0 Å². The number of carbonyl (C=O) groups is 1. The van der Waals surface area contributed by atoms with E-state index in [0.717, 1.165) is 41.4 Å². The lowest BCUT2D eigenvalue weighted by Gasteiger charge is -2.15. The number of pyridine rings is 1. The second kappa shape index (κ2) is 13.0. The van der Waals surface area contributed by atoms with Crippen LogP contribution in [0, 0.1) is 11.3 Å². The number of aldehydes is 1. The molecule has 0 amide bonds. The van der Waals surface area contributed by atoms with Crippen LogP contribution >= 0.6 is 0 Å². The second-order valence-corrected chi connectivity index (χ2v) is 7.62. The number of nitriles is 1. The van der Waals surface area contributed by atoms with Gasteiger partial charge in [-0.2, -0.15) is 5.26 Å². The lowest BCUT2D eigenvalue weighted by Crippen LogP contribution is -2.23. The summed E-state index contributed by atoms with van der Waals surface area (Å²) in [5, 5.41) is 17.2. The van der Waals surface area contributed by atoms with Gasteiger partial charge in [0.15, 0.2) is 6.29 Å². The Kier molecular flexibility index (Phi) is 10.0. The van der Waals surface area contributed by atoms with Gasteiger partial charge in [-0.25, -0.2) is 4.98 Å². The minimum absolute atomic E-state index is 0.328. The molecule has 0 saturated heterocycles. The standard InChI is InChI=1S/C21H17N3O2.C5H14N2/c1-14(11-22)12-23-21-18-10-16(19-5-3-4-17(13-25)24-19)7-6-15(18)8-9-20(21)26-2;1-6-4-5-7(2)3/h3-10,13,23H,1,12H2,2H3;6H,4-5H2,1-3H3. The van der Waals surface area contributed by atoms with E-state index in [-0.39, 0.29) is 0 Å². The van der Waals surface area contributed by atoms with Crippen molar-refractivity contribution in [1.82, 2.24) is 15.2 Å². The lowest BCUT2D eigenvalue weighted by molar-refractivity contribution is 0.111. The normalized spacial score (nSPS) is 10.2. The highest BCUT2D eigenvalue weighted by Gasteiger charge is 2.11. The van der Waals surface area contributed by atoms with Crippen molar-refractivity contribution in [3.63, 3.8) is 0 Å². The molecule has 0 radical (unpaired) electrons. The number of hydrogen-bond acceptors (Lipinski definition) is 7. The fourth-order valence-corrected chi connectivity index (χ4v) is 3.06. The van der Waals surface area contributed by atoms with Gasteiger partial charge in [0.1, 0.15) is 11.4 Å². The molecule has 2 N–H and O–H groups in total. The first-order valence-electron chi connectivity index (χ1n) is 10.6. The zero-order valence-electron chi connectivity index (χ0n) is 19.7. The van der Waals surface area contributed by atoms with Gasteiger partial charge in [0.05, 0.1) is 24.6 Å². The third kappa shape index (κ3) is 7.42. The van der Waals surface area contributed by atoms with Gasteiger partial charge in [0.2, 0.25) is 0 Å². The van der Waals surface area contributed by atoms with Gasteiger partial charge in [-0.3, -0.25) is 4.79 Å². The zero-order chi connectivity index (χ0) is 24.2. The highest BCUT2D eigenvalue weighted by molar-refractivity contribution is 5.99.